The average Bonchev–Trinajstić information content (AvgIpc) is 3.11. The first-order valence-corrected chi connectivity index (χ1v) is 9.20. The number of nitrogens with one attached hydrogen (secondary N) is 1. The van der Waals surface area contributed by atoms with Crippen LogP contribution in [0.15, 0.2) is 22.7 Å². The van der Waals surface area contributed by atoms with Gasteiger partial charge in [-0.05, 0) is 55.0 Å². The van der Waals surface area contributed by atoms with Crippen molar-refractivity contribution < 1.29 is 9.47 Å². The number of hydrogen-bond acceptors (Lipinski definition) is 3. The van der Waals surface area contributed by atoms with Crippen molar-refractivity contribution in [3.8, 4) is 0 Å². The summed E-state index contributed by atoms with van der Waals surface area (Å²) >= 11 is 3.59. The monoisotopic (exact) mass is 367 g/mol. The van der Waals surface area contributed by atoms with E-state index in [2.05, 4.69) is 46.4 Å². The minimum Gasteiger partial charge on any atom is -0.381 e. The van der Waals surface area contributed by atoms with Gasteiger partial charge in [0, 0.05) is 29.6 Å². The Labute approximate surface area is 141 Å². The Hall–Kier alpha value is -0.420. The number of rotatable bonds is 7. The maximum atomic E-state index is 5.77. The molecule has 0 saturated carbocycles. The molecule has 1 saturated heterocycles. The van der Waals surface area contributed by atoms with Crippen LogP contribution in [-0.4, -0.2) is 33.0 Å². The van der Waals surface area contributed by atoms with Crippen molar-refractivity contribution in [2.75, 3.05) is 33.0 Å². The molecule has 122 valence electrons. The van der Waals surface area contributed by atoms with Gasteiger partial charge in [-0.1, -0.05) is 28.9 Å². The fraction of sp³-hybridized carbons (Fsp3) is 0.667. The molecule has 0 aromatic heterocycles. The highest BCUT2D eigenvalue weighted by Crippen LogP contribution is 2.37. The second-order valence-electron chi connectivity index (χ2n) is 6.61. The summed E-state index contributed by atoms with van der Waals surface area (Å²) in [6, 6.07) is 7.15. The van der Waals surface area contributed by atoms with Crippen LogP contribution >= 0.6 is 15.9 Å². The molecule has 22 heavy (non-hydrogen) atoms. The SMILES string of the molecule is CC1Cc2ccc(Br)cc2C1NCCCOCC1CCOC1. The predicted octanol–water partition coefficient (Wildman–Crippen LogP) is 3.72. The van der Waals surface area contributed by atoms with Crippen LogP contribution in [0.5, 0.6) is 0 Å². The molecule has 3 nitrogen and oxygen atoms in total. The summed E-state index contributed by atoms with van der Waals surface area (Å²) in [4.78, 5) is 0. The highest BCUT2D eigenvalue weighted by atomic mass is 79.9. The lowest BCUT2D eigenvalue weighted by atomic mass is 10.0. The zero-order chi connectivity index (χ0) is 15.4. The predicted molar refractivity (Wildman–Crippen MR) is 92.1 cm³/mol. The third-order valence-corrected chi connectivity index (χ3v) is 5.25. The van der Waals surface area contributed by atoms with Gasteiger partial charge in [-0.3, -0.25) is 0 Å². The molecule has 1 fully saturated rings. The van der Waals surface area contributed by atoms with Gasteiger partial charge in [-0.25, -0.2) is 0 Å². The average molecular weight is 368 g/mol. The van der Waals surface area contributed by atoms with Crippen molar-refractivity contribution in [2.24, 2.45) is 11.8 Å². The van der Waals surface area contributed by atoms with E-state index in [1.165, 1.54) is 22.0 Å². The number of ether oxygens (including phenoxy) is 2. The number of fused-ring (bicyclic) bond motifs is 1. The Balaban J connectivity index is 1.37. The molecule has 0 spiro atoms. The molecule has 0 radical (unpaired) electrons. The lowest BCUT2D eigenvalue weighted by molar-refractivity contribution is 0.0877. The maximum absolute atomic E-state index is 5.77. The number of benzene rings is 1. The molecule has 0 amide bonds. The van der Waals surface area contributed by atoms with Crippen LogP contribution in [0.3, 0.4) is 0 Å². The molecule has 3 rings (SSSR count). The third-order valence-electron chi connectivity index (χ3n) is 4.76. The van der Waals surface area contributed by atoms with E-state index in [9.17, 15) is 0 Å². The van der Waals surface area contributed by atoms with Crippen LogP contribution in [0.4, 0.5) is 0 Å². The zero-order valence-corrected chi connectivity index (χ0v) is 14.9. The summed E-state index contributed by atoms with van der Waals surface area (Å²) in [5.74, 6) is 1.29. The number of halogens is 1. The molecule has 0 bridgehead atoms. The van der Waals surface area contributed by atoms with Crippen LogP contribution in [-0.2, 0) is 15.9 Å². The molecule has 1 heterocycles. The lowest BCUT2D eigenvalue weighted by Gasteiger charge is -2.19. The van der Waals surface area contributed by atoms with Gasteiger partial charge >= 0.3 is 0 Å². The Morgan fingerprint density at radius 2 is 2.32 bits per heavy atom. The van der Waals surface area contributed by atoms with Crippen molar-refractivity contribution in [2.45, 2.75) is 32.2 Å². The van der Waals surface area contributed by atoms with Crippen LogP contribution in [0.1, 0.15) is 36.9 Å². The van der Waals surface area contributed by atoms with Crippen LogP contribution in [0.25, 0.3) is 0 Å². The van der Waals surface area contributed by atoms with E-state index in [0.717, 1.165) is 45.8 Å². The lowest BCUT2D eigenvalue weighted by Crippen LogP contribution is -2.26. The normalized spacial score (nSPS) is 27.3. The molecular formula is C18H26BrNO2. The zero-order valence-electron chi connectivity index (χ0n) is 13.3. The molecule has 1 N–H and O–H groups in total. The van der Waals surface area contributed by atoms with Gasteiger partial charge in [0.2, 0.25) is 0 Å². The summed E-state index contributed by atoms with van der Waals surface area (Å²) in [6.45, 7) is 6.84. The van der Waals surface area contributed by atoms with Gasteiger partial charge in [0.15, 0.2) is 0 Å². The van der Waals surface area contributed by atoms with Crippen molar-refractivity contribution >= 4 is 15.9 Å². The van der Waals surface area contributed by atoms with E-state index in [1.54, 1.807) is 0 Å². The van der Waals surface area contributed by atoms with Gasteiger partial charge in [-0.2, -0.15) is 0 Å². The summed E-state index contributed by atoms with van der Waals surface area (Å²) in [6.07, 6.45) is 3.40. The van der Waals surface area contributed by atoms with Crippen LogP contribution in [0, 0.1) is 11.8 Å². The highest BCUT2D eigenvalue weighted by Gasteiger charge is 2.28. The van der Waals surface area contributed by atoms with E-state index in [1.807, 2.05) is 0 Å². The van der Waals surface area contributed by atoms with E-state index in [0.29, 0.717) is 17.9 Å². The smallest absolute Gasteiger partial charge is 0.0517 e. The number of hydrogen-bond donors (Lipinski definition) is 1. The van der Waals surface area contributed by atoms with Crippen LogP contribution in [0.2, 0.25) is 0 Å². The summed E-state index contributed by atoms with van der Waals surface area (Å²) < 4.78 is 12.3. The highest BCUT2D eigenvalue weighted by molar-refractivity contribution is 9.10. The molecule has 3 atom stereocenters. The second-order valence-corrected chi connectivity index (χ2v) is 7.53. The van der Waals surface area contributed by atoms with Gasteiger partial charge in [0.25, 0.3) is 0 Å². The van der Waals surface area contributed by atoms with Gasteiger partial charge < -0.3 is 14.8 Å². The minimum absolute atomic E-state index is 0.482. The Morgan fingerprint density at radius 3 is 3.14 bits per heavy atom. The standard InChI is InChI=1S/C18H26BrNO2/c1-13-9-15-3-4-16(19)10-17(15)18(13)20-6-2-7-21-11-14-5-8-22-12-14/h3-4,10,13-14,18,20H,2,5-9,11-12H2,1H3. The Morgan fingerprint density at radius 1 is 1.41 bits per heavy atom. The minimum atomic E-state index is 0.482. The van der Waals surface area contributed by atoms with Crippen molar-refractivity contribution in [3.63, 3.8) is 0 Å². The van der Waals surface area contributed by atoms with Crippen LogP contribution < -0.4 is 5.32 Å². The van der Waals surface area contributed by atoms with Crippen molar-refractivity contribution in [3.05, 3.63) is 33.8 Å². The topological polar surface area (TPSA) is 30.5 Å². The Kier molecular flexibility index (Phi) is 5.91. The third kappa shape index (κ3) is 4.10. The first-order valence-electron chi connectivity index (χ1n) is 8.41. The molecule has 1 aliphatic heterocycles. The van der Waals surface area contributed by atoms with Gasteiger partial charge in [0.1, 0.15) is 0 Å². The van der Waals surface area contributed by atoms with Crippen molar-refractivity contribution in [1.82, 2.24) is 5.32 Å². The van der Waals surface area contributed by atoms with Gasteiger partial charge in [0.05, 0.1) is 13.2 Å². The fourth-order valence-electron chi connectivity index (χ4n) is 3.52. The first-order chi connectivity index (χ1) is 10.7. The molecule has 1 aliphatic carbocycles. The summed E-state index contributed by atoms with van der Waals surface area (Å²) in [7, 11) is 0. The molecule has 1 aromatic carbocycles. The van der Waals surface area contributed by atoms with E-state index < -0.39 is 0 Å². The fourth-order valence-corrected chi connectivity index (χ4v) is 3.90. The Bertz CT molecular complexity index is 488. The second kappa shape index (κ2) is 7.91. The molecule has 4 heteroatoms. The first kappa shape index (κ1) is 16.4. The molecule has 1 aromatic rings. The summed E-state index contributed by atoms with van der Waals surface area (Å²) in [5, 5.41) is 3.72. The molecular weight excluding hydrogens is 342 g/mol. The van der Waals surface area contributed by atoms with Gasteiger partial charge in [-0.15, -0.1) is 0 Å². The largest absolute Gasteiger partial charge is 0.381 e. The maximum Gasteiger partial charge on any atom is 0.0517 e. The summed E-state index contributed by atoms with van der Waals surface area (Å²) in [5.41, 5.74) is 2.96. The van der Waals surface area contributed by atoms with Crippen molar-refractivity contribution in [1.29, 1.82) is 0 Å². The quantitative estimate of drug-likeness (QED) is 0.745. The molecule has 3 unspecified atom stereocenters. The van der Waals surface area contributed by atoms with E-state index in [-0.39, 0.29) is 0 Å². The van der Waals surface area contributed by atoms with E-state index in [4.69, 9.17) is 9.47 Å². The molecule has 2 aliphatic rings. The van der Waals surface area contributed by atoms with E-state index >= 15 is 0 Å².